The Hall–Kier alpha value is -1.41. The Bertz CT molecular complexity index is 694. The van der Waals surface area contributed by atoms with Gasteiger partial charge >= 0.3 is 0 Å². The lowest BCUT2D eigenvalue weighted by atomic mass is 10.3. The summed E-state index contributed by atoms with van der Waals surface area (Å²) in [5.74, 6) is 0.258. The van der Waals surface area contributed by atoms with Crippen molar-refractivity contribution in [1.29, 1.82) is 0 Å². The van der Waals surface area contributed by atoms with Gasteiger partial charge in [-0.15, -0.1) is 23.2 Å². The van der Waals surface area contributed by atoms with Crippen molar-refractivity contribution in [1.82, 2.24) is 19.9 Å². The van der Waals surface area contributed by atoms with Crippen LogP contribution in [0.2, 0.25) is 0 Å². The number of allylic oxidation sites excluding steroid dienone is 2. The number of alkyl halides is 2. The topological polar surface area (TPSA) is 68.6 Å². The molecule has 0 saturated heterocycles. The van der Waals surface area contributed by atoms with Crippen molar-refractivity contribution in [2.24, 2.45) is 0 Å². The molecule has 0 bridgehead atoms. The summed E-state index contributed by atoms with van der Waals surface area (Å²) < 4.78 is 0. The molecule has 124 valence electrons. The maximum absolute atomic E-state index is 11.9. The minimum atomic E-state index is -0.195. The Labute approximate surface area is 158 Å². The molecule has 0 aliphatic heterocycles. The molecule has 0 radical (unpaired) electrons. The van der Waals surface area contributed by atoms with Crippen LogP contribution in [0.3, 0.4) is 0 Å². The van der Waals surface area contributed by atoms with Crippen molar-refractivity contribution >= 4 is 64.7 Å². The molecule has 2 aromatic rings. The minimum Gasteiger partial charge on any atom is -0.290 e. The summed E-state index contributed by atoms with van der Waals surface area (Å²) in [7, 11) is 0. The summed E-state index contributed by atoms with van der Waals surface area (Å²) in [5, 5.41) is 2.32. The molecule has 2 aromatic heterocycles. The van der Waals surface area contributed by atoms with Crippen LogP contribution in [0.25, 0.3) is 12.2 Å². The van der Waals surface area contributed by atoms with E-state index in [0.29, 0.717) is 21.9 Å². The summed E-state index contributed by atoms with van der Waals surface area (Å²) in [6.45, 7) is 0. The summed E-state index contributed by atoms with van der Waals surface area (Å²) in [6.07, 6.45) is 9.05. The maximum atomic E-state index is 11.9. The van der Waals surface area contributed by atoms with E-state index in [9.17, 15) is 4.79 Å². The SMILES string of the molecule is O=C(/C=C/c1cc(SCCl)ncn1)/C=C/c1nccc(SCCl)n1. The Kier molecular flexibility index (Phi) is 8.24. The largest absolute Gasteiger partial charge is 0.290 e. The molecule has 0 aliphatic rings. The van der Waals surface area contributed by atoms with Crippen LogP contribution < -0.4 is 0 Å². The van der Waals surface area contributed by atoms with E-state index in [1.165, 1.54) is 42.0 Å². The van der Waals surface area contributed by atoms with Crippen LogP contribution >= 0.6 is 46.7 Å². The van der Waals surface area contributed by atoms with E-state index in [1.807, 2.05) is 0 Å². The van der Waals surface area contributed by atoms with E-state index in [0.717, 1.165) is 10.1 Å². The van der Waals surface area contributed by atoms with E-state index in [1.54, 1.807) is 30.5 Å². The molecule has 0 spiro atoms. The number of ketones is 1. The van der Waals surface area contributed by atoms with Gasteiger partial charge in [0.25, 0.3) is 0 Å². The van der Waals surface area contributed by atoms with Crippen LogP contribution in [-0.4, -0.2) is 36.1 Å². The maximum Gasteiger partial charge on any atom is 0.178 e. The second-order valence-electron chi connectivity index (χ2n) is 4.11. The van der Waals surface area contributed by atoms with Gasteiger partial charge in [0, 0.05) is 6.20 Å². The van der Waals surface area contributed by atoms with Gasteiger partial charge in [0.1, 0.15) is 16.4 Å². The molecule has 2 rings (SSSR count). The third-order valence-electron chi connectivity index (χ3n) is 2.53. The third-order valence-corrected chi connectivity index (χ3v) is 4.45. The second-order valence-corrected chi connectivity index (χ2v) is 7.27. The molecule has 0 amide bonds. The Morgan fingerprint density at radius 2 is 1.79 bits per heavy atom. The first-order valence-corrected chi connectivity index (χ1v) is 9.68. The average Bonchev–Trinajstić information content (AvgIpc) is 2.59. The summed E-state index contributed by atoms with van der Waals surface area (Å²) >= 11 is 14.1. The van der Waals surface area contributed by atoms with Crippen LogP contribution in [0.5, 0.6) is 0 Å². The lowest BCUT2D eigenvalue weighted by Crippen LogP contribution is -1.91. The highest BCUT2D eigenvalue weighted by molar-refractivity contribution is 8.00. The van der Waals surface area contributed by atoms with Crippen molar-refractivity contribution in [3.05, 3.63) is 48.3 Å². The average molecular weight is 399 g/mol. The fraction of sp³-hybridized carbons (Fsp3) is 0.133. The zero-order valence-electron chi connectivity index (χ0n) is 12.3. The number of carbonyl (C=O) groups is 1. The minimum absolute atomic E-state index is 0.195. The molecule has 5 nitrogen and oxygen atoms in total. The zero-order chi connectivity index (χ0) is 17.2. The molecule has 0 N–H and O–H groups in total. The van der Waals surface area contributed by atoms with Gasteiger partial charge in [0.15, 0.2) is 11.6 Å². The first-order valence-electron chi connectivity index (χ1n) is 6.64. The Balaban J connectivity index is 1.99. The predicted molar refractivity (Wildman–Crippen MR) is 100 cm³/mol. The summed E-state index contributed by atoms with van der Waals surface area (Å²) in [4.78, 5) is 28.4. The standard InChI is InChI=1S/C15H12Cl2N4OS2/c16-8-23-14-5-6-18-13(21-14)4-3-12(22)2-1-11-7-15(24-9-17)20-10-19-11/h1-7,10H,8-9H2/b2-1+,4-3+. The molecule has 0 aliphatic carbocycles. The highest BCUT2D eigenvalue weighted by Crippen LogP contribution is 2.17. The number of aromatic nitrogens is 4. The normalized spacial score (nSPS) is 11.4. The molecular weight excluding hydrogens is 387 g/mol. The van der Waals surface area contributed by atoms with Crippen molar-refractivity contribution in [3.63, 3.8) is 0 Å². The highest BCUT2D eigenvalue weighted by Gasteiger charge is 1.99. The van der Waals surface area contributed by atoms with Crippen molar-refractivity contribution in [2.75, 3.05) is 10.4 Å². The molecule has 9 heteroatoms. The number of halogens is 2. The number of thioether (sulfide) groups is 2. The predicted octanol–water partition coefficient (Wildman–Crippen LogP) is 4.14. The van der Waals surface area contributed by atoms with Crippen molar-refractivity contribution in [2.45, 2.75) is 10.1 Å². The van der Waals surface area contributed by atoms with Crippen LogP contribution in [0, 0.1) is 0 Å². The molecule has 0 fully saturated rings. The van der Waals surface area contributed by atoms with Crippen LogP contribution in [0.15, 0.2) is 46.9 Å². The number of rotatable bonds is 8. The van der Waals surface area contributed by atoms with Gasteiger partial charge in [0.05, 0.1) is 16.1 Å². The first-order chi connectivity index (χ1) is 11.7. The van der Waals surface area contributed by atoms with E-state index in [-0.39, 0.29) is 5.78 Å². The van der Waals surface area contributed by atoms with Crippen molar-refractivity contribution in [3.8, 4) is 0 Å². The van der Waals surface area contributed by atoms with Crippen molar-refractivity contribution < 1.29 is 4.79 Å². The number of carbonyl (C=O) groups excluding carboxylic acids is 1. The number of hydrogen-bond acceptors (Lipinski definition) is 7. The quantitative estimate of drug-likeness (QED) is 0.286. The number of hydrogen-bond donors (Lipinski definition) is 0. The lowest BCUT2D eigenvalue weighted by Gasteiger charge is -1.97. The number of nitrogens with zero attached hydrogens (tertiary/aromatic N) is 4. The van der Waals surface area contributed by atoms with Crippen LogP contribution in [0.4, 0.5) is 0 Å². The fourth-order valence-electron chi connectivity index (χ4n) is 1.53. The van der Waals surface area contributed by atoms with Gasteiger partial charge in [-0.05, 0) is 36.4 Å². The molecule has 0 atom stereocenters. The van der Waals surface area contributed by atoms with E-state index in [2.05, 4.69) is 19.9 Å². The van der Waals surface area contributed by atoms with Gasteiger partial charge in [-0.25, -0.2) is 19.9 Å². The Morgan fingerprint density at radius 3 is 2.58 bits per heavy atom. The van der Waals surface area contributed by atoms with Gasteiger partial charge in [-0.3, -0.25) is 4.79 Å². The van der Waals surface area contributed by atoms with Crippen LogP contribution in [0.1, 0.15) is 11.5 Å². The van der Waals surface area contributed by atoms with Gasteiger partial charge in [0.2, 0.25) is 0 Å². The second kappa shape index (κ2) is 10.5. The summed E-state index contributed by atoms with van der Waals surface area (Å²) in [6, 6.07) is 3.52. The monoisotopic (exact) mass is 398 g/mol. The molecule has 0 aromatic carbocycles. The van der Waals surface area contributed by atoms with Gasteiger partial charge in [-0.2, -0.15) is 0 Å². The zero-order valence-corrected chi connectivity index (χ0v) is 15.4. The third kappa shape index (κ3) is 6.60. The Morgan fingerprint density at radius 1 is 1.04 bits per heavy atom. The van der Waals surface area contributed by atoms with Gasteiger partial charge in [-0.1, -0.05) is 23.5 Å². The molecule has 24 heavy (non-hydrogen) atoms. The fourth-order valence-corrected chi connectivity index (χ4v) is 3.07. The molecular formula is C15H12Cl2N4OS2. The summed E-state index contributed by atoms with van der Waals surface area (Å²) in [5.41, 5.74) is 0.635. The smallest absolute Gasteiger partial charge is 0.178 e. The van der Waals surface area contributed by atoms with Crippen LogP contribution in [-0.2, 0) is 4.79 Å². The molecule has 0 unspecified atom stereocenters. The highest BCUT2D eigenvalue weighted by atomic mass is 35.5. The van der Waals surface area contributed by atoms with E-state index < -0.39 is 0 Å². The molecule has 2 heterocycles. The van der Waals surface area contributed by atoms with Gasteiger partial charge < -0.3 is 0 Å². The first kappa shape index (κ1) is 18.9. The van der Waals surface area contributed by atoms with E-state index in [4.69, 9.17) is 23.2 Å². The van der Waals surface area contributed by atoms with E-state index >= 15 is 0 Å². The molecule has 0 saturated carbocycles. The lowest BCUT2D eigenvalue weighted by molar-refractivity contribution is -0.110.